The van der Waals surface area contributed by atoms with Gasteiger partial charge in [-0.1, -0.05) is 6.92 Å². The molecule has 0 atom stereocenters. The molecule has 102 valence electrons. The molecule has 1 rings (SSSR count). The molecule has 0 saturated heterocycles. The summed E-state index contributed by atoms with van der Waals surface area (Å²) < 4.78 is 5.33. The van der Waals surface area contributed by atoms with E-state index in [1.807, 2.05) is 6.92 Å². The monoisotopic (exact) mass is 251 g/mol. The van der Waals surface area contributed by atoms with E-state index in [9.17, 15) is 0 Å². The lowest BCUT2D eigenvalue weighted by Gasteiger charge is -2.11. The maximum absolute atomic E-state index is 5.33. The topological polar surface area (TPSA) is 47.0 Å². The van der Waals surface area contributed by atoms with Gasteiger partial charge in [-0.3, -0.25) is 0 Å². The van der Waals surface area contributed by atoms with E-state index in [-0.39, 0.29) is 0 Å². The number of nitrogens with one attached hydrogen (secondary N) is 1. The lowest BCUT2D eigenvalue weighted by molar-refractivity contribution is 0.149. The van der Waals surface area contributed by atoms with Gasteiger partial charge in [0.05, 0.1) is 6.61 Å². The van der Waals surface area contributed by atoms with Gasteiger partial charge in [-0.25, -0.2) is 9.97 Å². The first-order valence-corrected chi connectivity index (χ1v) is 6.80. The lowest BCUT2D eigenvalue weighted by Crippen LogP contribution is -2.17. The summed E-state index contributed by atoms with van der Waals surface area (Å²) in [4.78, 5) is 9.11. The second-order valence-corrected chi connectivity index (χ2v) is 4.41. The van der Waals surface area contributed by atoms with Crippen molar-refractivity contribution in [2.24, 2.45) is 0 Å². The van der Waals surface area contributed by atoms with Crippen molar-refractivity contribution in [2.45, 2.75) is 47.1 Å². The maximum Gasteiger partial charge on any atom is 0.131 e. The van der Waals surface area contributed by atoms with E-state index in [2.05, 4.69) is 36.1 Å². The fourth-order valence-electron chi connectivity index (χ4n) is 1.87. The van der Waals surface area contributed by atoms with Gasteiger partial charge in [0.15, 0.2) is 0 Å². The van der Waals surface area contributed by atoms with E-state index < -0.39 is 0 Å². The normalized spacial score (nSPS) is 10.9. The molecule has 0 aliphatic rings. The Morgan fingerprint density at radius 1 is 1.11 bits per heavy atom. The van der Waals surface area contributed by atoms with Gasteiger partial charge in [0.1, 0.15) is 5.82 Å². The number of aryl methyl sites for hydroxylation is 2. The highest BCUT2D eigenvalue weighted by molar-refractivity contribution is 5.24. The first kappa shape index (κ1) is 15.1. The third-order valence-electron chi connectivity index (χ3n) is 2.87. The number of nitrogens with zero attached hydrogens (tertiary/aromatic N) is 2. The summed E-state index contributed by atoms with van der Waals surface area (Å²) >= 11 is 0. The van der Waals surface area contributed by atoms with E-state index in [0.29, 0.717) is 6.61 Å². The van der Waals surface area contributed by atoms with Gasteiger partial charge in [0.25, 0.3) is 0 Å². The van der Waals surface area contributed by atoms with Crippen molar-refractivity contribution >= 4 is 0 Å². The van der Waals surface area contributed by atoms with Crippen LogP contribution in [0.25, 0.3) is 0 Å². The van der Waals surface area contributed by atoms with Crippen LogP contribution in [0.1, 0.15) is 43.0 Å². The zero-order valence-corrected chi connectivity index (χ0v) is 12.0. The predicted molar refractivity (Wildman–Crippen MR) is 73.7 cm³/mol. The Morgan fingerprint density at radius 3 is 2.33 bits per heavy atom. The molecule has 1 aromatic rings. The highest BCUT2D eigenvalue weighted by Gasteiger charge is 2.07. The number of ether oxygens (including phenoxy) is 1. The van der Waals surface area contributed by atoms with E-state index in [0.717, 1.165) is 49.8 Å². The minimum atomic E-state index is 0.697. The van der Waals surface area contributed by atoms with Crippen LogP contribution in [-0.2, 0) is 17.7 Å². The molecule has 0 bridgehead atoms. The largest absolute Gasteiger partial charge is 0.381 e. The van der Waals surface area contributed by atoms with Gasteiger partial charge in [0, 0.05) is 36.5 Å². The highest BCUT2D eigenvalue weighted by atomic mass is 16.5. The van der Waals surface area contributed by atoms with Crippen LogP contribution in [-0.4, -0.2) is 29.7 Å². The molecule has 0 spiro atoms. The highest BCUT2D eigenvalue weighted by Crippen LogP contribution is 2.10. The molecule has 0 aliphatic heterocycles. The molecule has 0 unspecified atom stereocenters. The summed E-state index contributed by atoms with van der Waals surface area (Å²) in [5.74, 6) is 0.887. The summed E-state index contributed by atoms with van der Waals surface area (Å²) in [7, 11) is 0. The summed E-state index contributed by atoms with van der Waals surface area (Å²) in [5.41, 5.74) is 3.39. The van der Waals surface area contributed by atoms with Crippen molar-refractivity contribution in [2.75, 3.05) is 19.8 Å². The van der Waals surface area contributed by atoms with E-state index in [1.165, 1.54) is 5.56 Å². The van der Waals surface area contributed by atoms with Crippen molar-refractivity contribution in [3.63, 3.8) is 0 Å². The number of rotatable bonds is 8. The van der Waals surface area contributed by atoms with Crippen LogP contribution in [0.4, 0.5) is 0 Å². The van der Waals surface area contributed by atoms with Gasteiger partial charge >= 0.3 is 0 Å². The second-order valence-electron chi connectivity index (χ2n) is 4.41. The fraction of sp³-hybridized carbons (Fsp3) is 0.714. The summed E-state index contributed by atoms with van der Waals surface area (Å²) in [6, 6.07) is 0. The molecule has 4 heteroatoms. The zero-order valence-electron chi connectivity index (χ0n) is 12.0. The average molecular weight is 251 g/mol. The zero-order chi connectivity index (χ0) is 13.4. The van der Waals surface area contributed by atoms with Crippen LogP contribution in [0.2, 0.25) is 0 Å². The molecular weight excluding hydrogens is 226 g/mol. The van der Waals surface area contributed by atoms with Gasteiger partial charge < -0.3 is 10.1 Å². The Hall–Kier alpha value is -1.00. The van der Waals surface area contributed by atoms with Gasteiger partial charge in [-0.05, 0) is 33.7 Å². The Balaban J connectivity index is 2.65. The van der Waals surface area contributed by atoms with Crippen molar-refractivity contribution < 1.29 is 4.74 Å². The van der Waals surface area contributed by atoms with E-state index >= 15 is 0 Å². The smallest absolute Gasteiger partial charge is 0.131 e. The number of hydrogen-bond donors (Lipinski definition) is 1. The average Bonchev–Trinajstić information content (AvgIpc) is 2.33. The van der Waals surface area contributed by atoms with Gasteiger partial charge in [-0.15, -0.1) is 0 Å². The fourth-order valence-corrected chi connectivity index (χ4v) is 1.87. The van der Waals surface area contributed by atoms with Crippen molar-refractivity contribution in [3.05, 3.63) is 22.8 Å². The maximum atomic E-state index is 5.33. The SMILES string of the molecule is CCCNCc1c(C)nc(CCOCC)nc1C. The Morgan fingerprint density at radius 2 is 1.78 bits per heavy atom. The first-order valence-electron chi connectivity index (χ1n) is 6.80. The molecule has 0 amide bonds. The quantitative estimate of drug-likeness (QED) is 0.719. The van der Waals surface area contributed by atoms with Crippen LogP contribution < -0.4 is 5.32 Å². The van der Waals surface area contributed by atoms with Crippen LogP contribution >= 0.6 is 0 Å². The lowest BCUT2D eigenvalue weighted by atomic mass is 10.1. The molecular formula is C14H25N3O. The van der Waals surface area contributed by atoms with Crippen LogP contribution in [0.15, 0.2) is 0 Å². The summed E-state index contributed by atoms with van der Waals surface area (Å²) in [6.07, 6.45) is 1.93. The molecule has 0 aromatic carbocycles. The second kappa shape index (κ2) is 8.16. The van der Waals surface area contributed by atoms with E-state index in [4.69, 9.17) is 4.74 Å². The Kier molecular flexibility index (Phi) is 6.83. The molecule has 1 aromatic heterocycles. The Bertz CT molecular complexity index is 343. The first-order chi connectivity index (χ1) is 8.69. The van der Waals surface area contributed by atoms with Crippen molar-refractivity contribution in [1.82, 2.24) is 15.3 Å². The molecule has 0 aliphatic carbocycles. The molecule has 1 heterocycles. The Labute approximate surface area is 110 Å². The molecule has 0 saturated carbocycles. The molecule has 0 radical (unpaired) electrons. The van der Waals surface area contributed by atoms with E-state index in [1.54, 1.807) is 0 Å². The van der Waals surface area contributed by atoms with Crippen LogP contribution in [0, 0.1) is 13.8 Å². The standard InChI is InChI=1S/C14H25N3O/c1-5-8-15-10-13-11(3)16-14(17-12(13)4)7-9-18-6-2/h15H,5-10H2,1-4H3. The van der Waals surface area contributed by atoms with Gasteiger partial charge in [0.2, 0.25) is 0 Å². The predicted octanol–water partition coefficient (Wildman–Crippen LogP) is 2.17. The molecule has 0 fully saturated rings. The number of hydrogen-bond acceptors (Lipinski definition) is 4. The minimum absolute atomic E-state index is 0.697. The van der Waals surface area contributed by atoms with Crippen LogP contribution in [0.3, 0.4) is 0 Å². The third-order valence-corrected chi connectivity index (χ3v) is 2.87. The molecule has 4 nitrogen and oxygen atoms in total. The van der Waals surface area contributed by atoms with Crippen molar-refractivity contribution in [3.8, 4) is 0 Å². The minimum Gasteiger partial charge on any atom is -0.381 e. The summed E-state index contributed by atoms with van der Waals surface area (Å²) in [6.45, 7) is 11.6. The van der Waals surface area contributed by atoms with Crippen molar-refractivity contribution in [1.29, 1.82) is 0 Å². The van der Waals surface area contributed by atoms with Gasteiger partial charge in [-0.2, -0.15) is 0 Å². The van der Waals surface area contributed by atoms with Crippen LogP contribution in [0.5, 0.6) is 0 Å². The molecule has 18 heavy (non-hydrogen) atoms. The third kappa shape index (κ3) is 4.70. The number of aromatic nitrogens is 2. The molecule has 1 N–H and O–H groups in total. The summed E-state index contributed by atoms with van der Waals surface area (Å²) in [5, 5.41) is 3.40.